The number of hydrogen-bond acceptors (Lipinski definition) is 2. The van der Waals surface area contributed by atoms with E-state index in [9.17, 15) is 4.79 Å². The van der Waals surface area contributed by atoms with Crippen molar-refractivity contribution in [3.8, 4) is 0 Å². The highest BCUT2D eigenvalue weighted by Gasteiger charge is 1.71. The smallest absolute Gasteiger partial charge is 0.120 e. The Morgan fingerprint density at radius 2 is 2.29 bits per heavy atom. The lowest BCUT2D eigenvalue weighted by Crippen LogP contribution is -1.67. The van der Waals surface area contributed by atoms with Crippen LogP contribution in [0.2, 0.25) is 0 Å². The maximum atomic E-state index is 9.42. The van der Waals surface area contributed by atoms with Crippen LogP contribution in [0.4, 0.5) is 0 Å². The fourth-order valence-electron chi connectivity index (χ4n) is 0.226. The molecular formula is C5H7NO. The predicted molar refractivity (Wildman–Crippen MR) is 28.3 cm³/mol. The molecule has 0 saturated carbocycles. The molecule has 2 nitrogen and oxygen atoms in total. The van der Waals surface area contributed by atoms with Crippen LogP contribution < -0.4 is 0 Å². The molecule has 0 aliphatic carbocycles. The van der Waals surface area contributed by atoms with Crippen molar-refractivity contribution in [2.24, 2.45) is 0 Å². The molecule has 0 aliphatic rings. The quantitative estimate of drug-likeness (QED) is 0.316. The van der Waals surface area contributed by atoms with Crippen molar-refractivity contribution in [2.75, 3.05) is 0 Å². The summed E-state index contributed by atoms with van der Waals surface area (Å²) < 4.78 is 0. The molecule has 0 aromatic heterocycles. The van der Waals surface area contributed by atoms with Crippen LogP contribution in [0.3, 0.4) is 0 Å². The summed E-state index contributed by atoms with van der Waals surface area (Å²) in [6, 6.07) is 0. The maximum Gasteiger partial charge on any atom is 0.120 e. The topological polar surface area (TPSA) is 40.9 Å². The van der Waals surface area contributed by atoms with Gasteiger partial charge in [0.25, 0.3) is 0 Å². The summed E-state index contributed by atoms with van der Waals surface area (Å²) >= 11 is 0. The van der Waals surface area contributed by atoms with E-state index in [1.807, 2.05) is 0 Å². The van der Waals surface area contributed by atoms with E-state index in [4.69, 9.17) is 5.41 Å². The normalized spacial score (nSPS) is 6.86. The van der Waals surface area contributed by atoms with Gasteiger partial charge in [-0.2, -0.15) is 0 Å². The van der Waals surface area contributed by atoms with Crippen LogP contribution in [0.1, 0.15) is 12.8 Å². The Kier molecular flexibility index (Phi) is 4.48. The first-order valence-electron chi connectivity index (χ1n) is 2.10. The molecule has 2 heteroatoms. The molecule has 0 aromatic carbocycles. The van der Waals surface area contributed by atoms with Crippen LogP contribution in [0.15, 0.2) is 6.08 Å². The minimum atomic E-state index is 0.646. The van der Waals surface area contributed by atoms with Crippen molar-refractivity contribution < 1.29 is 4.79 Å². The lowest BCUT2D eigenvalue weighted by Gasteiger charge is -1.73. The van der Waals surface area contributed by atoms with Gasteiger partial charge in [-0.3, -0.25) is 0 Å². The third kappa shape index (κ3) is 5.12. The SMILES string of the molecule is N=CCCC=C=O. The third-order valence-electron chi connectivity index (χ3n) is 0.539. The van der Waals surface area contributed by atoms with Crippen molar-refractivity contribution in [1.82, 2.24) is 0 Å². The van der Waals surface area contributed by atoms with Gasteiger partial charge in [0, 0.05) is 6.08 Å². The van der Waals surface area contributed by atoms with Gasteiger partial charge in [-0.25, -0.2) is 4.79 Å². The van der Waals surface area contributed by atoms with E-state index in [0.29, 0.717) is 12.8 Å². The van der Waals surface area contributed by atoms with Crippen LogP contribution in [0.25, 0.3) is 0 Å². The average Bonchev–Trinajstić information content (AvgIpc) is 1.69. The van der Waals surface area contributed by atoms with E-state index in [1.165, 1.54) is 12.3 Å². The molecule has 0 aliphatic heterocycles. The highest BCUT2D eigenvalue weighted by Crippen LogP contribution is 1.80. The molecule has 0 spiro atoms. The molecule has 0 atom stereocenters. The van der Waals surface area contributed by atoms with E-state index >= 15 is 0 Å². The second kappa shape index (κ2) is 5.12. The first kappa shape index (κ1) is 6.12. The van der Waals surface area contributed by atoms with E-state index < -0.39 is 0 Å². The summed E-state index contributed by atoms with van der Waals surface area (Å²) in [7, 11) is 0. The van der Waals surface area contributed by atoms with E-state index in [0.717, 1.165) is 0 Å². The van der Waals surface area contributed by atoms with Crippen molar-refractivity contribution >= 4 is 12.2 Å². The summed E-state index contributed by atoms with van der Waals surface area (Å²) in [6.07, 6.45) is 3.95. The Labute approximate surface area is 42.4 Å². The van der Waals surface area contributed by atoms with Crippen LogP contribution >= 0.6 is 0 Å². The highest BCUT2D eigenvalue weighted by atomic mass is 16.1. The summed E-state index contributed by atoms with van der Waals surface area (Å²) in [5.41, 5.74) is 0. The van der Waals surface area contributed by atoms with Crippen LogP contribution in [-0.4, -0.2) is 12.2 Å². The van der Waals surface area contributed by atoms with E-state index in [1.54, 1.807) is 5.94 Å². The first-order valence-corrected chi connectivity index (χ1v) is 2.10. The fraction of sp³-hybridized carbons (Fsp3) is 0.400. The molecule has 0 radical (unpaired) electrons. The Bertz CT molecular complexity index is 92.3. The molecular weight excluding hydrogens is 90.1 g/mol. The minimum Gasteiger partial charge on any atom is -0.313 e. The molecule has 0 rings (SSSR count). The predicted octanol–water partition coefficient (Wildman–Crippen LogP) is 0.804. The zero-order valence-electron chi connectivity index (χ0n) is 3.98. The van der Waals surface area contributed by atoms with Crippen molar-refractivity contribution in [3.05, 3.63) is 6.08 Å². The Morgan fingerprint density at radius 3 is 2.71 bits per heavy atom. The van der Waals surface area contributed by atoms with Gasteiger partial charge in [-0.05, 0) is 19.1 Å². The van der Waals surface area contributed by atoms with Gasteiger partial charge in [-0.15, -0.1) is 0 Å². The Hall–Kier alpha value is -0.880. The minimum absolute atomic E-state index is 0.646. The molecule has 0 fully saturated rings. The zero-order chi connectivity index (χ0) is 5.54. The van der Waals surface area contributed by atoms with Crippen LogP contribution in [0, 0.1) is 5.41 Å². The van der Waals surface area contributed by atoms with Gasteiger partial charge >= 0.3 is 0 Å². The standard InChI is InChI=1S/C5H7NO/c6-4-2-1-3-5-7/h3-4,6H,1-2H2. The molecule has 0 amide bonds. The number of rotatable bonds is 3. The fourth-order valence-corrected chi connectivity index (χ4v) is 0.226. The van der Waals surface area contributed by atoms with Crippen molar-refractivity contribution in [1.29, 1.82) is 5.41 Å². The van der Waals surface area contributed by atoms with E-state index in [-0.39, 0.29) is 0 Å². The van der Waals surface area contributed by atoms with Gasteiger partial charge in [0.15, 0.2) is 0 Å². The van der Waals surface area contributed by atoms with Crippen molar-refractivity contribution in [2.45, 2.75) is 12.8 Å². The van der Waals surface area contributed by atoms with E-state index in [2.05, 4.69) is 0 Å². The third-order valence-corrected chi connectivity index (χ3v) is 0.539. The number of allylic oxidation sites excluding steroid dienone is 1. The molecule has 0 bridgehead atoms. The summed E-state index contributed by atoms with van der Waals surface area (Å²) in [6.45, 7) is 0. The monoisotopic (exact) mass is 97.1 g/mol. The molecule has 0 heterocycles. The second-order valence-corrected chi connectivity index (χ2v) is 1.10. The molecule has 38 valence electrons. The molecule has 0 saturated heterocycles. The van der Waals surface area contributed by atoms with Gasteiger partial charge in [0.05, 0.1) is 0 Å². The number of hydrogen-bond donors (Lipinski definition) is 1. The lowest BCUT2D eigenvalue weighted by molar-refractivity contribution is 0.568. The summed E-state index contributed by atoms with van der Waals surface area (Å²) in [5.74, 6) is 1.62. The number of carbonyl (C=O) groups excluding carboxylic acids is 1. The summed E-state index contributed by atoms with van der Waals surface area (Å²) in [5, 5.41) is 6.51. The average molecular weight is 97.1 g/mol. The molecule has 7 heavy (non-hydrogen) atoms. The van der Waals surface area contributed by atoms with Crippen LogP contribution in [-0.2, 0) is 4.79 Å². The number of unbranched alkanes of at least 4 members (excludes halogenated alkanes) is 1. The molecule has 0 aromatic rings. The molecule has 1 N–H and O–H groups in total. The maximum absolute atomic E-state index is 9.42. The largest absolute Gasteiger partial charge is 0.313 e. The summed E-state index contributed by atoms with van der Waals surface area (Å²) in [4.78, 5) is 9.42. The second-order valence-electron chi connectivity index (χ2n) is 1.10. The van der Waals surface area contributed by atoms with Gasteiger partial charge in [-0.1, -0.05) is 0 Å². The Morgan fingerprint density at radius 1 is 1.57 bits per heavy atom. The molecule has 0 unspecified atom stereocenters. The number of nitrogens with one attached hydrogen (secondary N) is 1. The first-order chi connectivity index (χ1) is 3.41. The lowest BCUT2D eigenvalue weighted by atomic mass is 10.3. The van der Waals surface area contributed by atoms with Gasteiger partial charge < -0.3 is 5.41 Å². The van der Waals surface area contributed by atoms with Crippen LogP contribution in [0.5, 0.6) is 0 Å². The Balaban J connectivity index is 2.97. The van der Waals surface area contributed by atoms with Crippen molar-refractivity contribution in [3.63, 3.8) is 0 Å². The van der Waals surface area contributed by atoms with Gasteiger partial charge in [0.2, 0.25) is 0 Å². The van der Waals surface area contributed by atoms with Gasteiger partial charge in [0.1, 0.15) is 5.94 Å². The zero-order valence-corrected chi connectivity index (χ0v) is 3.98. The highest BCUT2D eigenvalue weighted by molar-refractivity contribution is 5.54.